The second-order valence-corrected chi connectivity index (χ2v) is 10.7. The van der Waals surface area contributed by atoms with Gasteiger partial charge in [0.2, 0.25) is 5.95 Å². The fourth-order valence-electron chi connectivity index (χ4n) is 3.65. The molecule has 0 fully saturated rings. The van der Waals surface area contributed by atoms with Crippen molar-refractivity contribution in [2.45, 2.75) is 39.2 Å². The van der Waals surface area contributed by atoms with Crippen molar-refractivity contribution < 1.29 is 27.5 Å². The number of imidazole rings is 1. The zero-order valence-electron chi connectivity index (χ0n) is 21.5. The molecule has 4 aromatic rings. The number of rotatable bonds is 15. The number of hydrogen-bond acceptors (Lipinski definition) is 9. The van der Waals surface area contributed by atoms with Crippen molar-refractivity contribution in [3.8, 4) is 0 Å². The molecule has 0 aliphatic heterocycles. The van der Waals surface area contributed by atoms with Gasteiger partial charge in [0.25, 0.3) is 5.56 Å². The maximum atomic E-state index is 13.6. The molecule has 11 nitrogen and oxygen atoms in total. The van der Waals surface area contributed by atoms with Gasteiger partial charge in [0, 0.05) is 6.54 Å². The van der Waals surface area contributed by atoms with Crippen LogP contribution in [-0.2, 0) is 42.8 Å². The molecular weight excluding hydrogens is 528 g/mol. The van der Waals surface area contributed by atoms with E-state index >= 15 is 0 Å². The maximum absolute atomic E-state index is 13.6. The molecule has 0 aliphatic carbocycles. The number of halogens is 1. The van der Waals surface area contributed by atoms with Crippen molar-refractivity contribution in [1.82, 2.24) is 19.5 Å². The van der Waals surface area contributed by atoms with Crippen LogP contribution in [0.4, 0.5) is 10.3 Å². The van der Waals surface area contributed by atoms with E-state index in [1.54, 1.807) is 16.7 Å². The summed E-state index contributed by atoms with van der Waals surface area (Å²) in [5.41, 5.74) is 7.17. The number of nitrogens with zero attached hydrogens (tertiary/aromatic N) is 3. The number of nitrogens with two attached hydrogens (primary N) is 1. The van der Waals surface area contributed by atoms with E-state index in [9.17, 15) is 13.8 Å². The summed E-state index contributed by atoms with van der Waals surface area (Å²) in [6.45, 7) is 2.57. The Hall–Kier alpha value is -3.41. The number of aromatic nitrogens is 4. The fourth-order valence-corrected chi connectivity index (χ4v) is 4.97. The summed E-state index contributed by atoms with van der Waals surface area (Å²) in [6, 6.07) is 15.5. The van der Waals surface area contributed by atoms with Gasteiger partial charge in [-0.2, -0.15) is 4.98 Å². The highest BCUT2D eigenvalue weighted by Gasteiger charge is 2.27. The molecule has 2 atom stereocenters. The van der Waals surface area contributed by atoms with E-state index < -0.39 is 19.0 Å². The van der Waals surface area contributed by atoms with Crippen LogP contribution >= 0.6 is 7.60 Å². The topological polar surface area (TPSA) is 144 Å². The normalized spacial score (nSPS) is 13.9. The molecule has 2 aromatic heterocycles. The number of H-pyrrole nitrogens is 1. The van der Waals surface area contributed by atoms with Crippen molar-refractivity contribution in [2.75, 3.05) is 25.3 Å². The number of ether oxygens (including phenoxy) is 2. The van der Waals surface area contributed by atoms with Gasteiger partial charge in [-0.3, -0.25) is 14.3 Å². The number of anilines is 1. The largest absolute Gasteiger partial charge is 0.371 e. The molecule has 0 bridgehead atoms. The van der Waals surface area contributed by atoms with Crippen LogP contribution in [0.2, 0.25) is 0 Å². The Kier molecular flexibility index (Phi) is 9.96. The molecule has 0 saturated carbocycles. The lowest BCUT2D eigenvalue weighted by Crippen LogP contribution is -2.20. The predicted molar refractivity (Wildman–Crippen MR) is 143 cm³/mol. The molecule has 0 spiro atoms. The monoisotopic (exact) mass is 559 g/mol. The first-order valence-corrected chi connectivity index (χ1v) is 14.1. The van der Waals surface area contributed by atoms with Gasteiger partial charge < -0.3 is 28.8 Å². The summed E-state index contributed by atoms with van der Waals surface area (Å²) >= 11 is 0. The minimum Gasteiger partial charge on any atom is -0.371 e. The van der Waals surface area contributed by atoms with E-state index in [4.69, 9.17) is 24.3 Å². The maximum Gasteiger partial charge on any atom is 0.356 e. The smallest absolute Gasteiger partial charge is 0.356 e. The Morgan fingerprint density at radius 1 is 1.10 bits per heavy atom. The molecule has 0 amide bonds. The van der Waals surface area contributed by atoms with Crippen molar-refractivity contribution >= 4 is 24.7 Å². The highest BCUT2D eigenvalue weighted by molar-refractivity contribution is 7.53. The summed E-state index contributed by atoms with van der Waals surface area (Å²) in [6.07, 6.45) is 1.39. The van der Waals surface area contributed by atoms with Crippen LogP contribution in [0.3, 0.4) is 0 Å². The lowest BCUT2D eigenvalue weighted by atomic mass is 10.2. The second kappa shape index (κ2) is 13.6. The summed E-state index contributed by atoms with van der Waals surface area (Å²) in [5, 5.41) is 0. The van der Waals surface area contributed by atoms with E-state index in [0.717, 1.165) is 5.56 Å². The Bertz CT molecular complexity index is 1460. The standard InChI is InChI=1S/C26H31FN5O6P/c1-2-22(36-14-19-7-4-3-5-8-19)16-38-39(34,37-15-20-9-6-10-21(27)13-20)18-35-12-11-32-17-29-23-24(32)30-26(28)31-25(23)33/h3-10,13,17,22H,2,11-12,14-16,18H2,1H3,(H3,28,30,31,33). The number of nitrogen functional groups attached to an aromatic ring is 1. The quantitative estimate of drug-likeness (QED) is 0.161. The van der Waals surface area contributed by atoms with Gasteiger partial charge >= 0.3 is 7.60 Å². The van der Waals surface area contributed by atoms with E-state index in [0.29, 0.717) is 24.2 Å². The summed E-state index contributed by atoms with van der Waals surface area (Å²) in [4.78, 5) is 22.5. The van der Waals surface area contributed by atoms with Gasteiger partial charge in [0.1, 0.15) is 12.2 Å². The zero-order chi connectivity index (χ0) is 27.7. The lowest BCUT2D eigenvalue weighted by molar-refractivity contribution is 0.000169. The first kappa shape index (κ1) is 28.6. The van der Waals surface area contributed by atoms with Crippen LogP contribution in [0.25, 0.3) is 11.2 Å². The third kappa shape index (κ3) is 8.29. The molecule has 0 saturated heterocycles. The molecule has 0 radical (unpaired) electrons. The van der Waals surface area contributed by atoms with Crippen molar-refractivity contribution in [2.24, 2.45) is 0 Å². The number of benzene rings is 2. The second-order valence-electron chi connectivity index (χ2n) is 8.74. The summed E-state index contributed by atoms with van der Waals surface area (Å²) in [5.74, 6) is -0.456. The van der Waals surface area contributed by atoms with Crippen LogP contribution in [0.1, 0.15) is 24.5 Å². The van der Waals surface area contributed by atoms with E-state index in [1.165, 1.54) is 18.5 Å². The average molecular weight is 560 g/mol. The molecule has 4 rings (SSSR count). The molecule has 208 valence electrons. The summed E-state index contributed by atoms with van der Waals surface area (Å²) in [7, 11) is -3.77. The summed E-state index contributed by atoms with van der Waals surface area (Å²) < 4.78 is 51.9. The van der Waals surface area contributed by atoms with Crippen molar-refractivity contribution in [3.05, 3.63) is 88.2 Å². The highest BCUT2D eigenvalue weighted by atomic mass is 31.2. The van der Waals surface area contributed by atoms with Gasteiger partial charge in [-0.25, -0.2) is 9.37 Å². The predicted octanol–water partition coefficient (Wildman–Crippen LogP) is 4.24. The minimum atomic E-state index is -3.77. The van der Waals surface area contributed by atoms with Gasteiger partial charge in [-0.1, -0.05) is 49.4 Å². The first-order chi connectivity index (χ1) is 18.8. The Morgan fingerprint density at radius 2 is 1.90 bits per heavy atom. The molecule has 2 unspecified atom stereocenters. The van der Waals surface area contributed by atoms with Gasteiger partial charge in [-0.05, 0) is 29.7 Å². The molecule has 39 heavy (non-hydrogen) atoms. The lowest BCUT2D eigenvalue weighted by Gasteiger charge is -2.22. The van der Waals surface area contributed by atoms with Gasteiger partial charge in [0.05, 0.1) is 38.9 Å². The Morgan fingerprint density at radius 3 is 2.67 bits per heavy atom. The van der Waals surface area contributed by atoms with Crippen LogP contribution in [0, 0.1) is 5.82 Å². The number of aromatic amines is 1. The Balaban J connectivity index is 1.36. The van der Waals surface area contributed by atoms with Crippen LogP contribution in [-0.4, -0.2) is 45.2 Å². The van der Waals surface area contributed by atoms with E-state index in [-0.39, 0.29) is 50.3 Å². The number of hydrogen-bond donors (Lipinski definition) is 2. The number of fused-ring (bicyclic) bond motifs is 1. The molecule has 2 heterocycles. The molecular formula is C26H31FN5O6P. The fraction of sp³-hybridized carbons (Fsp3) is 0.346. The molecule has 2 aromatic carbocycles. The van der Waals surface area contributed by atoms with E-state index in [1.807, 2.05) is 37.3 Å². The average Bonchev–Trinajstić information content (AvgIpc) is 3.34. The molecule has 3 N–H and O–H groups in total. The minimum absolute atomic E-state index is 0.0191. The zero-order valence-corrected chi connectivity index (χ0v) is 22.4. The van der Waals surface area contributed by atoms with Crippen molar-refractivity contribution in [1.29, 1.82) is 0 Å². The third-order valence-corrected chi connectivity index (χ3v) is 7.34. The van der Waals surface area contributed by atoms with Gasteiger partial charge in [-0.15, -0.1) is 0 Å². The Labute approximate surface area is 224 Å². The van der Waals surface area contributed by atoms with Crippen LogP contribution in [0.5, 0.6) is 0 Å². The van der Waals surface area contributed by atoms with Crippen LogP contribution < -0.4 is 11.3 Å². The molecule has 0 aliphatic rings. The SMILES string of the molecule is CCC(COP(=O)(COCCn1cnc2c(=O)[nH]c(N)nc21)OCc1cccc(F)c1)OCc1ccccc1. The van der Waals surface area contributed by atoms with E-state index in [2.05, 4.69) is 15.0 Å². The first-order valence-electron chi connectivity index (χ1n) is 12.4. The highest BCUT2D eigenvalue weighted by Crippen LogP contribution is 2.49. The van der Waals surface area contributed by atoms with Crippen LogP contribution in [0.15, 0.2) is 65.7 Å². The van der Waals surface area contributed by atoms with Gasteiger partial charge in [0.15, 0.2) is 11.2 Å². The molecule has 13 heteroatoms. The van der Waals surface area contributed by atoms with Crippen molar-refractivity contribution in [3.63, 3.8) is 0 Å². The number of nitrogens with one attached hydrogen (secondary N) is 1. The third-order valence-electron chi connectivity index (χ3n) is 5.78.